The fourth-order valence-corrected chi connectivity index (χ4v) is 2.32. The van der Waals surface area contributed by atoms with Gasteiger partial charge in [0, 0.05) is 18.7 Å². The largest absolute Gasteiger partial charge is 0.482 e. The highest BCUT2D eigenvalue weighted by molar-refractivity contribution is 5.99. The Balaban J connectivity index is 1.87. The first-order valence-electron chi connectivity index (χ1n) is 6.10. The van der Waals surface area contributed by atoms with E-state index in [0.717, 1.165) is 25.9 Å². The van der Waals surface area contributed by atoms with Gasteiger partial charge < -0.3 is 15.0 Å². The number of fused-ring (bicyclic) bond motifs is 1. The summed E-state index contributed by atoms with van der Waals surface area (Å²) in [6, 6.07) is 5.17. The fourth-order valence-electron chi connectivity index (χ4n) is 2.32. The van der Waals surface area contributed by atoms with Crippen molar-refractivity contribution in [3.05, 3.63) is 23.8 Å². The number of hydrogen-bond donors (Lipinski definition) is 1. The van der Waals surface area contributed by atoms with E-state index < -0.39 is 0 Å². The van der Waals surface area contributed by atoms with Crippen LogP contribution in [0.25, 0.3) is 0 Å². The molecule has 2 heterocycles. The second-order valence-corrected chi connectivity index (χ2v) is 4.55. The van der Waals surface area contributed by atoms with Crippen molar-refractivity contribution in [1.82, 2.24) is 4.90 Å². The van der Waals surface area contributed by atoms with E-state index in [1.807, 2.05) is 4.90 Å². The topological polar surface area (TPSA) is 58.6 Å². The van der Waals surface area contributed by atoms with Crippen LogP contribution in [0.1, 0.15) is 23.2 Å². The third-order valence-electron chi connectivity index (χ3n) is 3.25. The minimum atomic E-state index is -0.187. The number of amides is 2. The van der Waals surface area contributed by atoms with Gasteiger partial charge in [0.2, 0.25) is 0 Å². The molecule has 94 valence electrons. The maximum atomic E-state index is 12.2. The standard InChI is InChI=1S/C13H14N2O3/c16-12-8-18-11-4-3-9(7-10(11)14-12)13(17)15-5-1-2-6-15/h3-4,7H,1-2,5-6,8H2,(H,14,16). The molecule has 1 saturated heterocycles. The number of hydrogen-bond acceptors (Lipinski definition) is 3. The molecule has 0 radical (unpaired) electrons. The molecule has 5 nitrogen and oxygen atoms in total. The van der Waals surface area contributed by atoms with E-state index in [4.69, 9.17) is 4.74 Å². The van der Waals surface area contributed by atoms with Gasteiger partial charge >= 0.3 is 0 Å². The average Bonchev–Trinajstić information content (AvgIpc) is 2.90. The number of nitrogens with zero attached hydrogens (tertiary/aromatic N) is 1. The number of benzene rings is 1. The van der Waals surface area contributed by atoms with Gasteiger partial charge in [-0.2, -0.15) is 0 Å². The van der Waals surface area contributed by atoms with Crippen LogP contribution in [0.2, 0.25) is 0 Å². The molecule has 2 aliphatic rings. The summed E-state index contributed by atoms with van der Waals surface area (Å²) >= 11 is 0. The van der Waals surface area contributed by atoms with E-state index in [-0.39, 0.29) is 18.4 Å². The van der Waals surface area contributed by atoms with Crippen LogP contribution in [0.15, 0.2) is 18.2 Å². The summed E-state index contributed by atoms with van der Waals surface area (Å²) in [6.45, 7) is 1.67. The molecule has 1 N–H and O–H groups in total. The molecule has 2 aliphatic heterocycles. The van der Waals surface area contributed by atoms with Crippen LogP contribution >= 0.6 is 0 Å². The van der Waals surface area contributed by atoms with E-state index in [1.165, 1.54) is 0 Å². The van der Waals surface area contributed by atoms with E-state index in [0.29, 0.717) is 17.0 Å². The fraction of sp³-hybridized carbons (Fsp3) is 0.385. The number of carbonyl (C=O) groups is 2. The summed E-state index contributed by atoms with van der Waals surface area (Å²) < 4.78 is 5.26. The molecule has 5 heteroatoms. The van der Waals surface area contributed by atoms with Crippen molar-refractivity contribution in [2.45, 2.75) is 12.8 Å². The van der Waals surface area contributed by atoms with Crippen molar-refractivity contribution in [2.75, 3.05) is 25.0 Å². The van der Waals surface area contributed by atoms with Crippen LogP contribution in [-0.2, 0) is 4.79 Å². The molecule has 0 atom stereocenters. The predicted octanol–water partition coefficient (Wildman–Crippen LogP) is 1.25. The second kappa shape index (κ2) is 4.33. The van der Waals surface area contributed by atoms with Gasteiger partial charge in [0.25, 0.3) is 11.8 Å². The molecule has 0 unspecified atom stereocenters. The minimum absolute atomic E-state index is 0.0233. The highest BCUT2D eigenvalue weighted by atomic mass is 16.5. The Bertz CT molecular complexity index is 507. The lowest BCUT2D eigenvalue weighted by Crippen LogP contribution is -2.29. The molecular formula is C13H14N2O3. The zero-order chi connectivity index (χ0) is 12.5. The normalized spacial score (nSPS) is 18.0. The first-order valence-corrected chi connectivity index (χ1v) is 6.10. The first kappa shape index (κ1) is 11.1. The Morgan fingerprint density at radius 3 is 2.83 bits per heavy atom. The third kappa shape index (κ3) is 1.92. The first-order chi connectivity index (χ1) is 8.74. The lowest BCUT2D eigenvalue weighted by Gasteiger charge is -2.20. The van der Waals surface area contributed by atoms with Crippen molar-refractivity contribution >= 4 is 17.5 Å². The van der Waals surface area contributed by atoms with Crippen LogP contribution in [0.5, 0.6) is 5.75 Å². The average molecular weight is 246 g/mol. The molecule has 0 bridgehead atoms. The van der Waals surface area contributed by atoms with Crippen molar-refractivity contribution < 1.29 is 14.3 Å². The number of likely N-dealkylation sites (tertiary alicyclic amines) is 1. The SMILES string of the molecule is O=C1COc2ccc(C(=O)N3CCCC3)cc2N1. The quantitative estimate of drug-likeness (QED) is 0.811. The van der Waals surface area contributed by atoms with Gasteiger partial charge in [-0.3, -0.25) is 9.59 Å². The Kier molecular flexibility index (Phi) is 2.66. The van der Waals surface area contributed by atoms with Crippen LogP contribution in [0.3, 0.4) is 0 Å². The number of carbonyl (C=O) groups excluding carboxylic acids is 2. The lowest BCUT2D eigenvalue weighted by atomic mass is 10.1. The number of anilines is 1. The number of rotatable bonds is 1. The van der Waals surface area contributed by atoms with Crippen LogP contribution in [0, 0.1) is 0 Å². The monoisotopic (exact) mass is 246 g/mol. The maximum Gasteiger partial charge on any atom is 0.262 e. The Morgan fingerprint density at radius 2 is 2.06 bits per heavy atom. The number of ether oxygens (including phenoxy) is 1. The van der Waals surface area contributed by atoms with E-state index in [2.05, 4.69) is 5.32 Å². The maximum absolute atomic E-state index is 12.2. The van der Waals surface area contributed by atoms with Gasteiger partial charge in [-0.1, -0.05) is 0 Å². The van der Waals surface area contributed by atoms with Crippen molar-refractivity contribution in [1.29, 1.82) is 0 Å². The molecule has 0 spiro atoms. The zero-order valence-electron chi connectivity index (χ0n) is 9.94. The van der Waals surface area contributed by atoms with Gasteiger partial charge in [-0.05, 0) is 31.0 Å². The van der Waals surface area contributed by atoms with Crippen molar-refractivity contribution in [2.24, 2.45) is 0 Å². The van der Waals surface area contributed by atoms with Gasteiger partial charge in [-0.15, -0.1) is 0 Å². The van der Waals surface area contributed by atoms with Gasteiger partial charge in [0.05, 0.1) is 5.69 Å². The van der Waals surface area contributed by atoms with Crippen LogP contribution in [0.4, 0.5) is 5.69 Å². The molecule has 1 aromatic carbocycles. The summed E-state index contributed by atoms with van der Waals surface area (Å²) in [4.78, 5) is 25.3. The predicted molar refractivity (Wildman–Crippen MR) is 65.7 cm³/mol. The highest BCUT2D eigenvalue weighted by Gasteiger charge is 2.22. The lowest BCUT2D eigenvalue weighted by molar-refractivity contribution is -0.118. The summed E-state index contributed by atoms with van der Waals surface area (Å²) in [5.41, 5.74) is 1.18. The summed E-state index contributed by atoms with van der Waals surface area (Å²) in [7, 11) is 0. The van der Waals surface area contributed by atoms with E-state index >= 15 is 0 Å². The molecular weight excluding hydrogens is 232 g/mol. The Hall–Kier alpha value is -2.04. The van der Waals surface area contributed by atoms with Crippen molar-refractivity contribution in [3.8, 4) is 5.75 Å². The Labute approximate surface area is 105 Å². The summed E-state index contributed by atoms with van der Waals surface area (Å²) in [5.74, 6) is 0.455. The molecule has 0 aromatic heterocycles. The van der Waals surface area contributed by atoms with E-state index in [9.17, 15) is 9.59 Å². The molecule has 1 fully saturated rings. The Morgan fingerprint density at radius 1 is 1.28 bits per heavy atom. The van der Waals surface area contributed by atoms with Crippen molar-refractivity contribution in [3.63, 3.8) is 0 Å². The highest BCUT2D eigenvalue weighted by Crippen LogP contribution is 2.29. The summed E-state index contributed by atoms with van der Waals surface area (Å²) in [5, 5.41) is 2.71. The molecule has 1 aromatic rings. The molecule has 2 amide bonds. The second-order valence-electron chi connectivity index (χ2n) is 4.55. The minimum Gasteiger partial charge on any atom is -0.482 e. The number of nitrogens with one attached hydrogen (secondary N) is 1. The molecule has 18 heavy (non-hydrogen) atoms. The summed E-state index contributed by atoms with van der Waals surface area (Å²) in [6.07, 6.45) is 2.13. The third-order valence-corrected chi connectivity index (χ3v) is 3.25. The zero-order valence-corrected chi connectivity index (χ0v) is 9.94. The van der Waals surface area contributed by atoms with Crippen LogP contribution < -0.4 is 10.1 Å². The van der Waals surface area contributed by atoms with E-state index in [1.54, 1.807) is 18.2 Å². The van der Waals surface area contributed by atoms with Crippen LogP contribution in [-0.4, -0.2) is 36.4 Å². The van der Waals surface area contributed by atoms with Gasteiger partial charge in [0.1, 0.15) is 5.75 Å². The molecule has 0 aliphatic carbocycles. The smallest absolute Gasteiger partial charge is 0.262 e. The molecule has 0 saturated carbocycles. The van der Waals surface area contributed by atoms with Gasteiger partial charge in [-0.25, -0.2) is 0 Å². The van der Waals surface area contributed by atoms with Gasteiger partial charge in [0.15, 0.2) is 6.61 Å². The molecule has 3 rings (SSSR count).